The second kappa shape index (κ2) is 14.1. The maximum Gasteiger partial charge on any atom is 0.152 e. The first kappa shape index (κ1) is 35.4. The molecule has 2 heteroatoms. The summed E-state index contributed by atoms with van der Waals surface area (Å²) >= 11 is 0. The van der Waals surface area contributed by atoms with Crippen molar-refractivity contribution in [3.63, 3.8) is 0 Å². The zero-order valence-corrected chi connectivity index (χ0v) is 30.6. The molecule has 0 unspecified atom stereocenters. The van der Waals surface area contributed by atoms with Gasteiger partial charge in [-0.2, -0.15) is 0 Å². The number of hydrogen-bond donors (Lipinski definition) is 0. The van der Waals surface area contributed by atoms with E-state index in [4.69, 9.17) is 0 Å². The fourth-order valence-electron chi connectivity index (χ4n) is 5.98. The Morgan fingerprint density at radius 3 is 1.80 bits per heavy atom. The van der Waals surface area contributed by atoms with Crippen LogP contribution in [0.1, 0.15) is 124 Å². The zero-order valence-electron chi connectivity index (χ0n) is 30.6. The molecule has 0 atom stereocenters. The fraction of sp³-hybridized carbons (Fsp3) is 0.535. The summed E-state index contributed by atoms with van der Waals surface area (Å²) in [6.45, 7) is 25.8. The van der Waals surface area contributed by atoms with Gasteiger partial charge < -0.3 is 0 Å². The lowest BCUT2D eigenvalue weighted by molar-refractivity contribution is 0.156. The summed E-state index contributed by atoms with van der Waals surface area (Å²) in [4.78, 5) is 0. The van der Waals surface area contributed by atoms with E-state index in [0.29, 0.717) is 22.7 Å². The molecule has 0 spiro atoms. The van der Waals surface area contributed by atoms with E-state index < -0.39 is 0 Å². The van der Waals surface area contributed by atoms with Crippen molar-refractivity contribution < 1.29 is 0 Å². The molecule has 4 rings (SSSR count). The molecule has 0 saturated heterocycles. The van der Waals surface area contributed by atoms with Crippen LogP contribution in [0.5, 0.6) is 0 Å². The third kappa shape index (κ3) is 9.08. The first-order valence-corrected chi connectivity index (χ1v) is 17.6. The topological polar surface area (TPSA) is 0 Å². The van der Waals surface area contributed by atoms with Crippen molar-refractivity contribution >= 4 is 31.7 Å². The summed E-state index contributed by atoms with van der Waals surface area (Å²) in [5, 5.41) is 0. The van der Waals surface area contributed by atoms with Gasteiger partial charge in [-0.1, -0.05) is 166 Å². The third-order valence-corrected chi connectivity index (χ3v) is 12.0. The van der Waals surface area contributed by atoms with Crippen LogP contribution in [0.2, 0.25) is 12.6 Å². The molecule has 2 aromatic carbocycles. The summed E-state index contributed by atoms with van der Waals surface area (Å²) < 4.78 is 0. The van der Waals surface area contributed by atoms with E-state index in [0.717, 1.165) is 25.5 Å². The van der Waals surface area contributed by atoms with Crippen molar-refractivity contribution in [2.75, 3.05) is 0 Å². The normalized spacial score (nSPS) is 20.0. The molecule has 0 heterocycles. The first-order valence-electron chi connectivity index (χ1n) is 17.6. The molecule has 2 aliphatic rings. The lowest BCUT2D eigenvalue weighted by atomic mass is 9.52. The van der Waals surface area contributed by atoms with Crippen LogP contribution in [0.4, 0.5) is 0 Å². The van der Waals surface area contributed by atoms with Crippen LogP contribution in [-0.4, -0.2) is 14.6 Å². The molecule has 2 radical (unpaired) electrons. The van der Waals surface area contributed by atoms with Crippen LogP contribution >= 0.6 is 0 Å². The lowest BCUT2D eigenvalue weighted by Gasteiger charge is -2.39. The Bertz CT molecular complexity index is 1390. The molecule has 45 heavy (non-hydrogen) atoms. The van der Waals surface area contributed by atoms with Gasteiger partial charge in [-0.3, -0.25) is 0 Å². The highest BCUT2D eigenvalue weighted by molar-refractivity contribution is 6.53. The van der Waals surface area contributed by atoms with Crippen molar-refractivity contribution in [1.29, 1.82) is 0 Å². The Morgan fingerprint density at radius 1 is 0.711 bits per heavy atom. The molecule has 0 nitrogen and oxygen atoms in total. The van der Waals surface area contributed by atoms with E-state index >= 15 is 0 Å². The van der Waals surface area contributed by atoms with Crippen LogP contribution in [0.3, 0.4) is 0 Å². The highest BCUT2D eigenvalue weighted by Crippen LogP contribution is 2.47. The van der Waals surface area contributed by atoms with E-state index in [2.05, 4.69) is 170 Å². The van der Waals surface area contributed by atoms with E-state index in [1.54, 1.807) is 0 Å². The van der Waals surface area contributed by atoms with Gasteiger partial charge in [0.2, 0.25) is 0 Å². The molecule has 238 valence electrons. The number of benzene rings is 2. The SMILES string of the molecule is C/C=C\C(=C/c1ccc([B]CC(C)(C)C(C)(C)C)cc1)C1CC(c2ccc(C3=CC=C([B]CC(C)(C)C(C)(C)C)CC3)cc2)C1. The molecular weight excluding hydrogens is 538 g/mol. The Balaban J connectivity index is 1.32. The first-order chi connectivity index (χ1) is 21.0. The van der Waals surface area contributed by atoms with Crippen molar-refractivity contribution in [3.05, 3.63) is 101 Å². The van der Waals surface area contributed by atoms with E-state index in [1.807, 2.05) is 0 Å². The van der Waals surface area contributed by atoms with Crippen LogP contribution in [0, 0.1) is 27.6 Å². The van der Waals surface area contributed by atoms with Crippen LogP contribution in [0.25, 0.3) is 11.6 Å². The number of allylic oxidation sites excluding steroid dienone is 7. The third-order valence-electron chi connectivity index (χ3n) is 12.0. The summed E-state index contributed by atoms with van der Waals surface area (Å²) in [6, 6.07) is 18.7. The standard InChI is InChI=1S/C43H60B2/c1-12-13-35(26-31-14-22-38(23-15-31)44-29-42(8,9)40(2,3)4)37-27-36(28-37)34-18-16-32(17-19-34)33-20-24-39(25-21-33)45-30-43(10,11)41(5,6)7/h12-20,22-24,26,36-37H,21,25,27-30H2,1-11H3/b13-12-,35-26+. The van der Waals surface area contributed by atoms with Gasteiger partial charge in [-0.15, -0.1) is 5.47 Å². The summed E-state index contributed by atoms with van der Waals surface area (Å²) in [6.07, 6.45) is 18.6. The van der Waals surface area contributed by atoms with Gasteiger partial charge in [0.1, 0.15) is 7.28 Å². The molecule has 0 amide bonds. The van der Waals surface area contributed by atoms with Gasteiger partial charge in [0.05, 0.1) is 0 Å². The lowest BCUT2D eigenvalue weighted by Crippen LogP contribution is -2.33. The molecule has 2 aliphatic carbocycles. The molecule has 0 aliphatic heterocycles. The summed E-state index contributed by atoms with van der Waals surface area (Å²) in [5.74, 6) is 1.29. The minimum Gasteiger partial charge on any atom is -0.108 e. The largest absolute Gasteiger partial charge is 0.152 e. The fourth-order valence-corrected chi connectivity index (χ4v) is 5.98. The highest BCUT2D eigenvalue weighted by Gasteiger charge is 2.34. The molecule has 0 bridgehead atoms. The molecular formula is C43H60B2. The minimum absolute atomic E-state index is 0.266. The number of rotatable bonds is 11. The predicted molar refractivity (Wildman–Crippen MR) is 204 cm³/mol. The van der Waals surface area contributed by atoms with Gasteiger partial charge in [0.15, 0.2) is 7.28 Å². The van der Waals surface area contributed by atoms with Gasteiger partial charge in [0, 0.05) is 0 Å². The highest BCUT2D eigenvalue weighted by atomic mass is 14.4. The van der Waals surface area contributed by atoms with Gasteiger partial charge in [-0.25, -0.2) is 0 Å². The summed E-state index contributed by atoms with van der Waals surface area (Å²) in [5.41, 5.74) is 11.1. The van der Waals surface area contributed by atoms with Crippen LogP contribution in [0.15, 0.2) is 83.9 Å². The van der Waals surface area contributed by atoms with E-state index in [-0.39, 0.29) is 10.8 Å². The maximum absolute atomic E-state index is 2.48. The van der Waals surface area contributed by atoms with Crippen molar-refractivity contribution in [2.24, 2.45) is 27.6 Å². The zero-order chi connectivity index (χ0) is 33.0. The average molecular weight is 599 g/mol. The quantitative estimate of drug-likeness (QED) is 0.178. The van der Waals surface area contributed by atoms with Crippen molar-refractivity contribution in [1.82, 2.24) is 0 Å². The molecule has 1 saturated carbocycles. The molecule has 0 aromatic heterocycles. The second-order valence-electron chi connectivity index (χ2n) is 17.3. The second-order valence-corrected chi connectivity index (χ2v) is 17.3. The minimum atomic E-state index is 0.266. The molecule has 1 fully saturated rings. The van der Waals surface area contributed by atoms with Crippen molar-refractivity contribution in [3.8, 4) is 0 Å². The predicted octanol–water partition coefficient (Wildman–Crippen LogP) is 11.9. The monoisotopic (exact) mass is 598 g/mol. The van der Waals surface area contributed by atoms with Crippen molar-refractivity contribution in [2.45, 2.75) is 120 Å². The smallest absolute Gasteiger partial charge is 0.108 e. The Labute approximate surface area is 279 Å². The molecule has 2 aromatic rings. The van der Waals surface area contributed by atoms with Crippen LogP contribution in [-0.2, 0) is 0 Å². The van der Waals surface area contributed by atoms with E-state index in [9.17, 15) is 0 Å². The van der Waals surface area contributed by atoms with Gasteiger partial charge in [0.25, 0.3) is 0 Å². The number of hydrogen-bond acceptors (Lipinski definition) is 0. The van der Waals surface area contributed by atoms with Crippen LogP contribution < -0.4 is 5.46 Å². The Kier molecular flexibility index (Phi) is 11.1. The average Bonchev–Trinajstić information content (AvgIpc) is 2.94. The Hall–Kier alpha value is -2.47. The summed E-state index contributed by atoms with van der Waals surface area (Å²) in [7, 11) is 4.88. The van der Waals surface area contributed by atoms with E-state index in [1.165, 1.54) is 51.6 Å². The Morgan fingerprint density at radius 2 is 1.29 bits per heavy atom. The maximum atomic E-state index is 2.48. The van der Waals surface area contributed by atoms with Gasteiger partial charge in [-0.05, 0) is 93.9 Å². The molecule has 0 N–H and O–H groups in total. The van der Waals surface area contributed by atoms with Gasteiger partial charge >= 0.3 is 0 Å².